The summed E-state index contributed by atoms with van der Waals surface area (Å²) < 4.78 is 19.7. The third kappa shape index (κ3) is 5.45. The number of benzene rings is 1. The highest BCUT2D eigenvalue weighted by atomic mass is 32.1. The number of hydrogen-bond donors (Lipinski definition) is 1. The van der Waals surface area contributed by atoms with Crippen molar-refractivity contribution >= 4 is 34.1 Å². The first-order chi connectivity index (χ1) is 18.2. The molecule has 0 unspecified atom stereocenters. The molecule has 3 aliphatic rings. The van der Waals surface area contributed by atoms with E-state index in [2.05, 4.69) is 22.2 Å². The van der Waals surface area contributed by atoms with Crippen molar-refractivity contribution in [3.8, 4) is 11.3 Å². The Morgan fingerprint density at radius 3 is 2.58 bits per heavy atom. The Balaban J connectivity index is 1.26. The van der Waals surface area contributed by atoms with Gasteiger partial charge in [0.1, 0.15) is 31.0 Å². The quantitative estimate of drug-likeness (QED) is 0.572. The minimum Gasteiger partial charge on any atom is -0.365 e. The summed E-state index contributed by atoms with van der Waals surface area (Å²) >= 11 is 1.61. The molecule has 1 aromatic carbocycles. The van der Waals surface area contributed by atoms with E-state index in [1.807, 2.05) is 31.4 Å². The van der Waals surface area contributed by atoms with Crippen molar-refractivity contribution in [1.82, 2.24) is 20.1 Å². The molecule has 38 heavy (non-hydrogen) atoms. The van der Waals surface area contributed by atoms with E-state index in [9.17, 15) is 18.8 Å². The van der Waals surface area contributed by atoms with Gasteiger partial charge in [-0.05, 0) is 31.5 Å². The van der Waals surface area contributed by atoms with Crippen LogP contribution in [0.4, 0.5) is 9.52 Å². The molecule has 204 valence electrons. The van der Waals surface area contributed by atoms with E-state index in [0.29, 0.717) is 12.0 Å². The Hall–Kier alpha value is -2.89. The van der Waals surface area contributed by atoms with Crippen molar-refractivity contribution in [3.05, 3.63) is 35.2 Å². The molecule has 1 N–H and O–H groups in total. The van der Waals surface area contributed by atoms with Gasteiger partial charge in [-0.2, -0.15) is 0 Å². The summed E-state index contributed by atoms with van der Waals surface area (Å²) in [4.78, 5) is 49.4. The lowest BCUT2D eigenvalue weighted by Crippen LogP contribution is -2.52. The second-order valence-electron chi connectivity index (χ2n) is 10.7. The number of likely N-dealkylation sites (tertiary alicyclic amines) is 1. The van der Waals surface area contributed by atoms with Gasteiger partial charge in [0, 0.05) is 42.7 Å². The second kappa shape index (κ2) is 11.1. The molecule has 0 bridgehead atoms. The number of aromatic nitrogens is 1. The van der Waals surface area contributed by atoms with Crippen molar-refractivity contribution in [1.29, 1.82) is 0 Å². The Bertz CT molecular complexity index is 1180. The molecular formula is C27H34FN5O4S. The highest BCUT2D eigenvalue weighted by molar-refractivity contribution is 7.14. The monoisotopic (exact) mass is 543 g/mol. The standard InChI is InChI=1S/C27H34FN5O4S/c1-16(2)12-20(26(36)33-13-19(28)24-23(33)22(34)14-37-24)29-25(35)18-6-4-17(5-7-18)21-15-38-27(30-21)32-10-8-31(3)9-11-32/h4-7,15-16,19-20,23-24H,8-14H2,1-3H3,(H,29,35)/t19-,20+,23-,24+/m1/s1. The normalized spacial score (nSPS) is 24.7. The molecule has 9 nitrogen and oxygen atoms in total. The summed E-state index contributed by atoms with van der Waals surface area (Å²) in [7, 11) is 2.12. The smallest absolute Gasteiger partial charge is 0.251 e. The number of fused-ring (bicyclic) bond motifs is 1. The fourth-order valence-corrected chi connectivity index (χ4v) is 6.18. The van der Waals surface area contributed by atoms with Crippen LogP contribution in [0.25, 0.3) is 11.3 Å². The van der Waals surface area contributed by atoms with E-state index < -0.39 is 36.2 Å². The van der Waals surface area contributed by atoms with Crippen molar-refractivity contribution in [2.75, 3.05) is 51.3 Å². The van der Waals surface area contributed by atoms with Gasteiger partial charge in [0.15, 0.2) is 10.9 Å². The summed E-state index contributed by atoms with van der Waals surface area (Å²) in [5.41, 5.74) is 2.18. The van der Waals surface area contributed by atoms with Gasteiger partial charge < -0.3 is 24.8 Å². The van der Waals surface area contributed by atoms with Crippen LogP contribution >= 0.6 is 11.3 Å². The number of halogens is 1. The Morgan fingerprint density at radius 1 is 1.18 bits per heavy atom. The van der Waals surface area contributed by atoms with E-state index in [-0.39, 0.29) is 24.9 Å². The summed E-state index contributed by atoms with van der Waals surface area (Å²) in [6, 6.07) is 5.35. The van der Waals surface area contributed by atoms with Gasteiger partial charge in [0.2, 0.25) is 5.91 Å². The first kappa shape index (κ1) is 26.7. The number of ketones is 1. The molecule has 0 saturated carbocycles. The minimum absolute atomic E-state index is 0.0980. The number of nitrogens with zero attached hydrogens (tertiary/aromatic N) is 4. The summed E-state index contributed by atoms with van der Waals surface area (Å²) in [6.45, 7) is 7.41. The number of ether oxygens (including phenoxy) is 1. The first-order valence-electron chi connectivity index (χ1n) is 13.1. The van der Waals surface area contributed by atoms with Crippen LogP contribution in [0, 0.1) is 5.92 Å². The average Bonchev–Trinajstić information content (AvgIpc) is 3.62. The number of alkyl halides is 1. The third-order valence-electron chi connectivity index (χ3n) is 7.42. The lowest BCUT2D eigenvalue weighted by atomic mass is 10.0. The maximum absolute atomic E-state index is 14.4. The van der Waals surface area contributed by atoms with E-state index in [1.165, 1.54) is 4.90 Å². The van der Waals surface area contributed by atoms with Gasteiger partial charge in [0.05, 0.1) is 12.2 Å². The lowest BCUT2D eigenvalue weighted by molar-refractivity contribution is -0.138. The largest absolute Gasteiger partial charge is 0.365 e. The molecule has 4 atom stereocenters. The Morgan fingerprint density at radius 2 is 1.89 bits per heavy atom. The molecule has 1 aromatic heterocycles. The van der Waals surface area contributed by atoms with E-state index in [0.717, 1.165) is 42.6 Å². The number of rotatable bonds is 7. The maximum atomic E-state index is 14.4. The Kier molecular flexibility index (Phi) is 7.78. The molecule has 3 aliphatic heterocycles. The number of nitrogens with one attached hydrogen (secondary N) is 1. The van der Waals surface area contributed by atoms with Crippen LogP contribution in [0.2, 0.25) is 0 Å². The number of Topliss-reactive ketones (excluding diaryl/α,β-unsaturated/α-hetero) is 1. The summed E-state index contributed by atoms with van der Waals surface area (Å²) in [5.74, 6) is -1.04. The topological polar surface area (TPSA) is 95.1 Å². The molecule has 5 rings (SSSR count). The van der Waals surface area contributed by atoms with Crippen LogP contribution in [0.3, 0.4) is 0 Å². The predicted octanol–water partition coefficient (Wildman–Crippen LogP) is 2.22. The van der Waals surface area contributed by atoms with Crippen molar-refractivity contribution < 1.29 is 23.5 Å². The number of likely N-dealkylation sites (N-methyl/N-ethyl adjacent to an activating group) is 1. The molecule has 0 spiro atoms. The van der Waals surface area contributed by atoms with Crippen molar-refractivity contribution in [3.63, 3.8) is 0 Å². The van der Waals surface area contributed by atoms with E-state index >= 15 is 0 Å². The van der Waals surface area contributed by atoms with Crippen LogP contribution in [-0.2, 0) is 14.3 Å². The predicted molar refractivity (Wildman–Crippen MR) is 143 cm³/mol. The van der Waals surface area contributed by atoms with Gasteiger partial charge in [-0.25, -0.2) is 9.37 Å². The SMILES string of the molecule is CC(C)C[C@H](NC(=O)c1ccc(-c2csc(N3CCN(C)CC3)n2)cc1)C(=O)N1C[C@@H](F)[C@@H]2OCC(=O)[C@H]21. The zero-order valence-electron chi connectivity index (χ0n) is 21.9. The van der Waals surface area contributed by atoms with Gasteiger partial charge in [-0.15, -0.1) is 11.3 Å². The highest BCUT2D eigenvalue weighted by Crippen LogP contribution is 2.31. The van der Waals surface area contributed by atoms with E-state index in [4.69, 9.17) is 9.72 Å². The van der Waals surface area contributed by atoms with Crippen molar-refractivity contribution in [2.24, 2.45) is 5.92 Å². The first-order valence-corrected chi connectivity index (χ1v) is 14.0. The third-order valence-corrected chi connectivity index (χ3v) is 8.33. The number of carbonyl (C=O) groups is 3. The molecule has 0 radical (unpaired) electrons. The zero-order chi connectivity index (χ0) is 27.0. The number of thiazole rings is 1. The van der Waals surface area contributed by atoms with Crippen molar-refractivity contribution in [2.45, 2.75) is 44.6 Å². The molecule has 0 aliphatic carbocycles. The molecule has 3 saturated heterocycles. The van der Waals surface area contributed by atoms with Gasteiger partial charge >= 0.3 is 0 Å². The fourth-order valence-electron chi connectivity index (χ4n) is 5.29. The summed E-state index contributed by atoms with van der Waals surface area (Å²) in [6.07, 6.45) is -1.96. The van der Waals surface area contributed by atoms with E-state index in [1.54, 1.807) is 23.5 Å². The summed E-state index contributed by atoms with van der Waals surface area (Å²) in [5, 5.41) is 5.85. The van der Waals surface area contributed by atoms with Crippen LogP contribution in [0.1, 0.15) is 30.6 Å². The molecular weight excluding hydrogens is 509 g/mol. The number of carbonyl (C=O) groups excluding carboxylic acids is 3. The molecule has 11 heteroatoms. The zero-order valence-corrected chi connectivity index (χ0v) is 22.7. The molecule has 2 aromatic rings. The van der Waals surface area contributed by atoms with Crippen LogP contribution in [-0.4, -0.2) is 103 Å². The van der Waals surface area contributed by atoms with Crippen LogP contribution in [0.5, 0.6) is 0 Å². The minimum atomic E-state index is -1.42. The molecule has 3 fully saturated rings. The number of piperazine rings is 1. The lowest BCUT2D eigenvalue weighted by Gasteiger charge is -2.32. The number of hydrogen-bond acceptors (Lipinski definition) is 8. The number of amides is 2. The Labute approximate surface area is 225 Å². The van der Waals surface area contributed by atoms with Gasteiger partial charge in [-0.3, -0.25) is 14.4 Å². The average molecular weight is 544 g/mol. The molecule has 2 amide bonds. The van der Waals surface area contributed by atoms with Crippen LogP contribution < -0.4 is 10.2 Å². The maximum Gasteiger partial charge on any atom is 0.251 e. The second-order valence-corrected chi connectivity index (χ2v) is 11.6. The number of anilines is 1. The fraction of sp³-hybridized carbons (Fsp3) is 0.556. The molecule has 4 heterocycles. The highest BCUT2D eigenvalue weighted by Gasteiger charge is 2.53. The van der Waals surface area contributed by atoms with Gasteiger partial charge in [-0.1, -0.05) is 26.0 Å². The van der Waals surface area contributed by atoms with Crippen LogP contribution in [0.15, 0.2) is 29.6 Å². The van der Waals surface area contributed by atoms with Gasteiger partial charge in [0.25, 0.3) is 5.91 Å².